The fraction of sp³-hybridized carbons (Fsp3) is 0.0625. The van der Waals surface area contributed by atoms with Gasteiger partial charge >= 0.3 is 35.5 Å². The van der Waals surface area contributed by atoms with E-state index in [9.17, 15) is 27.4 Å². The molecule has 0 saturated carbocycles. The van der Waals surface area contributed by atoms with Crippen molar-refractivity contribution >= 4 is 33.5 Å². The maximum atomic E-state index is 12.2. The molecule has 10 heteroatoms. The topological polar surface area (TPSA) is 132 Å². The van der Waals surface area contributed by atoms with E-state index in [1.165, 1.54) is 30.3 Å². The van der Waals surface area contributed by atoms with Crippen LogP contribution < -0.4 is 34.5 Å². The van der Waals surface area contributed by atoms with Gasteiger partial charge in [0.1, 0.15) is 10.1 Å². The molecule has 26 heavy (non-hydrogen) atoms. The zero-order valence-electron chi connectivity index (χ0n) is 13.5. The van der Waals surface area contributed by atoms with Crippen LogP contribution in [0.1, 0.15) is 26.3 Å². The minimum atomic E-state index is -4.74. The largest absolute Gasteiger partial charge is 1.00 e. The number of carboxylic acids is 1. The number of anilines is 1. The summed E-state index contributed by atoms with van der Waals surface area (Å²) in [6, 6.07) is 8.92. The van der Waals surface area contributed by atoms with Crippen LogP contribution in [0.25, 0.3) is 0 Å². The van der Waals surface area contributed by atoms with Gasteiger partial charge in [-0.2, -0.15) is 0 Å². The van der Waals surface area contributed by atoms with E-state index in [2.05, 4.69) is 0 Å². The summed E-state index contributed by atoms with van der Waals surface area (Å²) in [5.74, 6) is -2.84. The van der Waals surface area contributed by atoms with Gasteiger partial charge in [-0.25, -0.2) is 13.2 Å². The number of carbonyl (C=O) groups excluding carboxylic acids is 2. The van der Waals surface area contributed by atoms with Crippen molar-refractivity contribution in [3.8, 4) is 0 Å². The number of fused-ring (bicyclic) bond motifs is 1. The molecule has 0 atom stereocenters. The summed E-state index contributed by atoms with van der Waals surface area (Å²) in [6.07, 6.45) is 0. The Morgan fingerprint density at radius 1 is 1.08 bits per heavy atom. The molecule has 0 aromatic heterocycles. The van der Waals surface area contributed by atoms with E-state index in [0.29, 0.717) is 5.56 Å². The smallest absolute Gasteiger partial charge is 0.744 e. The number of hydrogen-bond acceptors (Lipinski definition) is 6. The van der Waals surface area contributed by atoms with Gasteiger partial charge in [-0.15, -0.1) is 0 Å². The predicted octanol–water partition coefficient (Wildman–Crippen LogP) is -1.98. The van der Waals surface area contributed by atoms with Gasteiger partial charge in [-0.3, -0.25) is 9.59 Å². The number of ketones is 1. The molecule has 0 saturated heterocycles. The van der Waals surface area contributed by atoms with E-state index in [4.69, 9.17) is 5.11 Å². The molecule has 0 aliphatic carbocycles. The van der Waals surface area contributed by atoms with Gasteiger partial charge in [-0.1, -0.05) is 12.1 Å². The van der Waals surface area contributed by atoms with E-state index in [0.717, 1.165) is 17.0 Å². The molecule has 1 N–H and O–H groups in total. The first-order chi connectivity index (χ1) is 11.7. The Morgan fingerprint density at radius 3 is 2.23 bits per heavy atom. The molecule has 1 amide bonds. The first kappa shape index (κ1) is 20.3. The minimum Gasteiger partial charge on any atom is -0.744 e. The van der Waals surface area contributed by atoms with Crippen molar-refractivity contribution in [2.24, 2.45) is 0 Å². The zero-order valence-corrected chi connectivity index (χ0v) is 16.3. The fourth-order valence-electron chi connectivity index (χ4n) is 2.53. The minimum absolute atomic E-state index is 0. The SMILES string of the molecule is O=C(O)c1ccc(CN2C(=O)C(=O)c3cc(S(=O)(=O)[O-])ccc32)cc1.[Na+]. The van der Waals surface area contributed by atoms with Crippen LogP contribution in [0.3, 0.4) is 0 Å². The van der Waals surface area contributed by atoms with Crippen LogP contribution in [0.4, 0.5) is 5.69 Å². The Labute approximate surface area is 170 Å². The number of carboxylic acid groups (broad SMARTS) is 1. The Morgan fingerprint density at radius 2 is 1.69 bits per heavy atom. The number of Topliss-reactive ketones (excluding diaryl/α,β-unsaturated/α-hetero) is 1. The second kappa shape index (κ2) is 7.29. The van der Waals surface area contributed by atoms with E-state index in [-0.39, 0.29) is 52.9 Å². The number of aromatic carboxylic acids is 1. The number of carbonyl (C=O) groups is 3. The molecule has 128 valence electrons. The molecule has 2 aromatic carbocycles. The molecule has 8 nitrogen and oxygen atoms in total. The van der Waals surface area contributed by atoms with Crippen molar-refractivity contribution in [1.29, 1.82) is 0 Å². The number of hydrogen-bond donors (Lipinski definition) is 1. The van der Waals surface area contributed by atoms with Gasteiger partial charge in [0.2, 0.25) is 0 Å². The van der Waals surface area contributed by atoms with Gasteiger partial charge in [0.05, 0.1) is 28.3 Å². The van der Waals surface area contributed by atoms with Crippen molar-refractivity contribution in [3.63, 3.8) is 0 Å². The summed E-state index contributed by atoms with van der Waals surface area (Å²) < 4.78 is 33.2. The Kier molecular flexibility index (Phi) is 5.69. The maximum Gasteiger partial charge on any atom is 1.00 e. The van der Waals surface area contributed by atoms with Gasteiger partial charge in [-0.05, 0) is 35.9 Å². The van der Waals surface area contributed by atoms with Gasteiger partial charge in [0.15, 0.2) is 0 Å². The average molecular weight is 383 g/mol. The number of amides is 1. The normalized spacial score (nSPS) is 13.3. The monoisotopic (exact) mass is 383 g/mol. The first-order valence-corrected chi connectivity index (χ1v) is 8.37. The maximum absolute atomic E-state index is 12.2. The molecule has 0 fully saturated rings. The molecule has 2 aromatic rings. The molecule has 0 spiro atoms. The molecular weight excluding hydrogens is 373 g/mol. The predicted molar refractivity (Wildman–Crippen MR) is 83.3 cm³/mol. The van der Waals surface area contributed by atoms with Crippen LogP contribution in [0, 0.1) is 0 Å². The quantitative estimate of drug-likeness (QED) is 0.368. The summed E-state index contributed by atoms with van der Waals surface area (Å²) >= 11 is 0. The third-order valence-corrected chi connectivity index (χ3v) is 4.60. The second-order valence-corrected chi connectivity index (χ2v) is 6.74. The van der Waals surface area contributed by atoms with Crippen LogP contribution in [-0.4, -0.2) is 35.7 Å². The van der Waals surface area contributed by atoms with Crippen molar-refractivity contribution in [3.05, 3.63) is 59.2 Å². The molecule has 0 unspecified atom stereocenters. The van der Waals surface area contributed by atoms with E-state index < -0.39 is 32.7 Å². The fourth-order valence-corrected chi connectivity index (χ4v) is 3.02. The summed E-state index contributed by atoms with van der Waals surface area (Å²) in [6.45, 7) is 0.000937. The summed E-state index contributed by atoms with van der Waals surface area (Å²) in [4.78, 5) is 35.6. The standard InChI is InChI=1S/C16H11NO7S.Na/c18-14-12-7-11(25(22,23)24)5-6-13(12)17(15(14)19)8-9-1-3-10(4-2-9)16(20)21;/h1-7H,8H2,(H,20,21)(H,22,23,24);/q;+1/p-1. The van der Waals surface area contributed by atoms with E-state index >= 15 is 0 Å². The number of nitrogens with zero attached hydrogens (tertiary/aromatic N) is 1. The molecule has 0 bridgehead atoms. The van der Waals surface area contributed by atoms with Crippen LogP contribution in [0.15, 0.2) is 47.4 Å². The third-order valence-electron chi connectivity index (χ3n) is 3.77. The summed E-state index contributed by atoms with van der Waals surface area (Å²) in [5, 5.41) is 8.87. The Balaban J connectivity index is 0.00000243. The molecule has 3 rings (SSSR count). The van der Waals surface area contributed by atoms with Gasteiger partial charge in [0, 0.05) is 0 Å². The first-order valence-electron chi connectivity index (χ1n) is 6.97. The van der Waals surface area contributed by atoms with Gasteiger partial charge < -0.3 is 14.6 Å². The summed E-state index contributed by atoms with van der Waals surface area (Å²) in [7, 11) is -4.74. The Bertz CT molecular complexity index is 1020. The zero-order chi connectivity index (χ0) is 18.4. The molecule has 1 heterocycles. The van der Waals surface area contributed by atoms with E-state index in [1.54, 1.807) is 0 Å². The Hall–Kier alpha value is -2.04. The molecule has 1 aliphatic heterocycles. The van der Waals surface area contributed by atoms with Crippen molar-refractivity contribution in [2.75, 3.05) is 4.90 Å². The van der Waals surface area contributed by atoms with E-state index in [1.807, 2.05) is 0 Å². The number of rotatable bonds is 4. The van der Waals surface area contributed by atoms with Crippen LogP contribution in [-0.2, 0) is 21.5 Å². The molecular formula is C16H10NNaO7S. The van der Waals surface area contributed by atoms with Crippen LogP contribution >= 0.6 is 0 Å². The van der Waals surface area contributed by atoms with Gasteiger partial charge in [0.25, 0.3) is 11.7 Å². The average Bonchev–Trinajstić information content (AvgIpc) is 2.79. The molecule has 0 radical (unpaired) electrons. The van der Waals surface area contributed by atoms with Crippen molar-refractivity contribution in [1.82, 2.24) is 0 Å². The second-order valence-electron chi connectivity index (χ2n) is 5.36. The molecule has 1 aliphatic rings. The van der Waals surface area contributed by atoms with Crippen molar-refractivity contribution < 1.29 is 62.0 Å². The van der Waals surface area contributed by atoms with Crippen molar-refractivity contribution in [2.45, 2.75) is 11.4 Å². The number of benzene rings is 2. The third kappa shape index (κ3) is 3.71. The summed E-state index contributed by atoms with van der Waals surface area (Å²) in [5.41, 5.74) is 0.714. The van der Waals surface area contributed by atoms with Crippen LogP contribution in [0.5, 0.6) is 0 Å². The van der Waals surface area contributed by atoms with Crippen LogP contribution in [0.2, 0.25) is 0 Å².